The van der Waals surface area contributed by atoms with Crippen LogP contribution in [-0.4, -0.2) is 16.9 Å². The van der Waals surface area contributed by atoms with Crippen molar-refractivity contribution in [2.45, 2.75) is 10.8 Å². The van der Waals surface area contributed by atoms with Gasteiger partial charge in [0, 0.05) is 12.4 Å². The third kappa shape index (κ3) is 2.78. The van der Waals surface area contributed by atoms with E-state index in [9.17, 15) is 0 Å². The number of benzene rings is 3. The number of hydrogen-bond donors (Lipinski definition) is 2. The molecule has 0 fully saturated rings. The molecule has 0 saturated heterocycles. The second kappa shape index (κ2) is 7.30. The SMILES string of the molecule is SC(N1C=CNC1)C(c1ccccc1)(c1ccccc1)c1ccccc1. The third-order valence-electron chi connectivity index (χ3n) is 5.05. The molecule has 0 saturated carbocycles. The first-order valence-corrected chi connectivity index (χ1v) is 9.35. The van der Waals surface area contributed by atoms with E-state index in [0.717, 1.165) is 6.67 Å². The Hall–Kier alpha value is -2.65. The highest BCUT2D eigenvalue weighted by atomic mass is 32.1. The molecular weight excluding hydrogens is 336 g/mol. The van der Waals surface area contributed by atoms with Crippen molar-refractivity contribution in [2.24, 2.45) is 0 Å². The van der Waals surface area contributed by atoms with Crippen LogP contribution in [0.15, 0.2) is 103 Å². The van der Waals surface area contributed by atoms with Gasteiger partial charge >= 0.3 is 0 Å². The Bertz CT molecular complexity index is 766. The highest BCUT2D eigenvalue weighted by Crippen LogP contribution is 2.45. The van der Waals surface area contributed by atoms with E-state index < -0.39 is 5.41 Å². The van der Waals surface area contributed by atoms with Crippen LogP contribution >= 0.6 is 12.6 Å². The van der Waals surface area contributed by atoms with Crippen LogP contribution in [-0.2, 0) is 5.41 Å². The quantitative estimate of drug-likeness (QED) is 0.511. The fraction of sp³-hybridized carbons (Fsp3) is 0.130. The highest BCUT2D eigenvalue weighted by Gasteiger charge is 2.44. The van der Waals surface area contributed by atoms with Crippen molar-refractivity contribution >= 4 is 12.6 Å². The van der Waals surface area contributed by atoms with E-state index in [1.54, 1.807) is 0 Å². The fourth-order valence-corrected chi connectivity index (χ4v) is 4.43. The van der Waals surface area contributed by atoms with Gasteiger partial charge in [-0.2, -0.15) is 12.6 Å². The minimum Gasteiger partial charge on any atom is -0.373 e. The third-order valence-corrected chi connectivity index (χ3v) is 5.73. The van der Waals surface area contributed by atoms with Crippen molar-refractivity contribution in [2.75, 3.05) is 6.67 Å². The van der Waals surface area contributed by atoms with Gasteiger partial charge in [0.25, 0.3) is 0 Å². The summed E-state index contributed by atoms with van der Waals surface area (Å²) in [5.74, 6) is 0. The minimum atomic E-state index is -0.400. The Morgan fingerprint density at radius 3 is 1.50 bits per heavy atom. The molecule has 1 N–H and O–H groups in total. The lowest BCUT2D eigenvalue weighted by atomic mass is 9.68. The summed E-state index contributed by atoms with van der Waals surface area (Å²) in [5, 5.41) is 3.21. The van der Waals surface area contributed by atoms with Gasteiger partial charge in [-0.05, 0) is 16.7 Å². The van der Waals surface area contributed by atoms with Gasteiger partial charge in [0.05, 0.1) is 17.5 Å². The molecule has 3 heteroatoms. The molecule has 1 unspecified atom stereocenters. The second-order valence-electron chi connectivity index (χ2n) is 6.47. The largest absolute Gasteiger partial charge is 0.373 e. The first kappa shape index (κ1) is 16.8. The summed E-state index contributed by atoms with van der Waals surface area (Å²) < 4.78 is 0. The molecule has 26 heavy (non-hydrogen) atoms. The summed E-state index contributed by atoms with van der Waals surface area (Å²) in [6.45, 7) is 0.752. The number of rotatable bonds is 5. The summed E-state index contributed by atoms with van der Waals surface area (Å²) in [7, 11) is 0. The van der Waals surface area contributed by atoms with E-state index >= 15 is 0 Å². The van der Waals surface area contributed by atoms with Gasteiger partial charge in [0.15, 0.2) is 0 Å². The van der Waals surface area contributed by atoms with Crippen molar-refractivity contribution in [1.82, 2.24) is 10.2 Å². The zero-order chi connectivity index (χ0) is 17.8. The monoisotopic (exact) mass is 358 g/mol. The summed E-state index contributed by atoms with van der Waals surface area (Å²) in [6.07, 6.45) is 4.07. The maximum Gasteiger partial charge on any atom is 0.0912 e. The maximum absolute atomic E-state index is 5.17. The molecule has 1 atom stereocenters. The van der Waals surface area contributed by atoms with Crippen LogP contribution in [0.25, 0.3) is 0 Å². The number of nitrogens with one attached hydrogen (secondary N) is 1. The average molecular weight is 359 g/mol. The smallest absolute Gasteiger partial charge is 0.0912 e. The number of hydrogen-bond acceptors (Lipinski definition) is 3. The standard InChI is InChI=1S/C23H22N2S/c26-22(25-17-16-24-18-25)23(19-10-4-1-5-11-19,20-12-6-2-7-13-20)21-14-8-3-9-15-21/h1-17,22,24,26H,18H2. The summed E-state index contributed by atoms with van der Waals surface area (Å²) in [4.78, 5) is 2.25. The minimum absolute atomic E-state index is 0.0686. The van der Waals surface area contributed by atoms with Gasteiger partial charge in [-0.15, -0.1) is 0 Å². The topological polar surface area (TPSA) is 15.3 Å². The van der Waals surface area contributed by atoms with E-state index in [0.29, 0.717) is 0 Å². The Morgan fingerprint density at radius 1 is 0.731 bits per heavy atom. The van der Waals surface area contributed by atoms with Gasteiger partial charge in [0.1, 0.15) is 0 Å². The molecule has 3 aromatic carbocycles. The first-order chi connectivity index (χ1) is 12.8. The van der Waals surface area contributed by atoms with E-state index in [4.69, 9.17) is 12.6 Å². The lowest BCUT2D eigenvalue weighted by Crippen LogP contribution is -2.47. The summed E-state index contributed by atoms with van der Waals surface area (Å²) in [6, 6.07) is 32.1. The Labute approximate surface area is 160 Å². The first-order valence-electron chi connectivity index (χ1n) is 8.84. The van der Waals surface area contributed by atoms with Crippen LogP contribution in [0, 0.1) is 0 Å². The van der Waals surface area contributed by atoms with Gasteiger partial charge in [0.2, 0.25) is 0 Å². The van der Waals surface area contributed by atoms with Crippen LogP contribution in [0.4, 0.5) is 0 Å². The van der Waals surface area contributed by atoms with E-state index in [2.05, 4.69) is 107 Å². The van der Waals surface area contributed by atoms with Crippen LogP contribution < -0.4 is 5.32 Å². The molecule has 0 bridgehead atoms. The maximum atomic E-state index is 5.17. The van der Waals surface area contributed by atoms with Crippen molar-refractivity contribution in [3.8, 4) is 0 Å². The zero-order valence-corrected chi connectivity index (χ0v) is 15.4. The second-order valence-corrected chi connectivity index (χ2v) is 6.96. The zero-order valence-electron chi connectivity index (χ0n) is 14.5. The molecule has 0 aliphatic carbocycles. The molecule has 0 amide bonds. The molecule has 0 spiro atoms. The number of nitrogens with zero attached hydrogens (tertiary/aromatic N) is 1. The fourth-order valence-electron chi connectivity index (χ4n) is 3.83. The van der Waals surface area contributed by atoms with Crippen LogP contribution in [0.5, 0.6) is 0 Å². The molecule has 0 radical (unpaired) electrons. The van der Waals surface area contributed by atoms with Crippen LogP contribution in [0.1, 0.15) is 16.7 Å². The molecule has 1 aliphatic rings. The van der Waals surface area contributed by atoms with E-state index in [-0.39, 0.29) is 5.37 Å². The van der Waals surface area contributed by atoms with E-state index in [1.807, 2.05) is 6.20 Å². The summed E-state index contributed by atoms with van der Waals surface area (Å²) in [5.41, 5.74) is 3.30. The van der Waals surface area contributed by atoms with Crippen molar-refractivity contribution < 1.29 is 0 Å². The molecule has 130 valence electrons. The lowest BCUT2D eigenvalue weighted by Gasteiger charge is -2.44. The lowest BCUT2D eigenvalue weighted by molar-refractivity contribution is 0.306. The molecule has 1 aliphatic heterocycles. The molecular formula is C23H22N2S. The molecule has 2 nitrogen and oxygen atoms in total. The van der Waals surface area contributed by atoms with Gasteiger partial charge in [-0.3, -0.25) is 0 Å². The van der Waals surface area contributed by atoms with Crippen molar-refractivity contribution in [3.63, 3.8) is 0 Å². The predicted molar refractivity (Wildman–Crippen MR) is 111 cm³/mol. The Kier molecular flexibility index (Phi) is 4.72. The van der Waals surface area contributed by atoms with Crippen LogP contribution in [0.3, 0.4) is 0 Å². The van der Waals surface area contributed by atoms with E-state index in [1.165, 1.54) is 16.7 Å². The average Bonchev–Trinajstić information content (AvgIpc) is 3.26. The predicted octanol–water partition coefficient (Wildman–Crippen LogP) is 4.61. The molecule has 4 rings (SSSR count). The van der Waals surface area contributed by atoms with Crippen LogP contribution in [0.2, 0.25) is 0 Å². The Morgan fingerprint density at radius 2 is 1.15 bits per heavy atom. The molecule has 0 aromatic heterocycles. The van der Waals surface area contributed by atoms with Gasteiger partial charge in [-0.1, -0.05) is 91.0 Å². The molecule has 3 aromatic rings. The normalized spacial score (nSPS) is 14.9. The van der Waals surface area contributed by atoms with Crippen molar-refractivity contribution in [1.29, 1.82) is 0 Å². The van der Waals surface area contributed by atoms with Gasteiger partial charge in [-0.25, -0.2) is 0 Å². The Balaban J connectivity index is 2.01. The van der Waals surface area contributed by atoms with Gasteiger partial charge < -0.3 is 10.2 Å². The highest BCUT2D eigenvalue weighted by molar-refractivity contribution is 7.81. The number of thiol groups is 1. The molecule has 1 heterocycles. The van der Waals surface area contributed by atoms with Crippen molar-refractivity contribution in [3.05, 3.63) is 120 Å². The summed E-state index contributed by atoms with van der Waals surface area (Å²) >= 11 is 5.17.